The number of H-pyrrole nitrogens is 1. The second-order valence-corrected chi connectivity index (χ2v) is 4.74. The number of imidazole rings is 1. The zero-order chi connectivity index (χ0) is 12.4. The fourth-order valence-corrected chi connectivity index (χ4v) is 1.98. The highest BCUT2D eigenvalue weighted by atomic mass is 35.5. The van der Waals surface area contributed by atoms with E-state index in [2.05, 4.69) is 15.3 Å². The van der Waals surface area contributed by atoms with Gasteiger partial charge >= 0.3 is 0 Å². The van der Waals surface area contributed by atoms with Crippen LogP contribution in [0, 0.1) is 13.8 Å². The Morgan fingerprint density at radius 2 is 2.00 bits per heavy atom. The van der Waals surface area contributed by atoms with Crippen molar-refractivity contribution in [1.29, 1.82) is 0 Å². The van der Waals surface area contributed by atoms with Crippen LogP contribution in [0.15, 0.2) is 18.3 Å². The molecule has 1 aromatic heterocycles. The molecule has 2 aromatic rings. The lowest BCUT2D eigenvalue weighted by Crippen LogP contribution is -2.00. The molecule has 0 aliphatic heterocycles. The lowest BCUT2D eigenvalue weighted by molar-refractivity contribution is 1.05. The topological polar surface area (TPSA) is 40.7 Å². The van der Waals surface area contributed by atoms with Crippen LogP contribution in [0.25, 0.3) is 0 Å². The van der Waals surface area contributed by atoms with Crippen molar-refractivity contribution >= 4 is 28.9 Å². The Labute approximate surface area is 110 Å². The number of anilines is 1. The Kier molecular flexibility index (Phi) is 3.60. The molecule has 3 nitrogen and oxygen atoms in total. The van der Waals surface area contributed by atoms with E-state index < -0.39 is 0 Å². The van der Waals surface area contributed by atoms with Gasteiger partial charge in [-0.05, 0) is 31.5 Å². The standard InChI is InChI=1S/C12H13Cl2N3/c1-7-3-11(14)12(4-10(7)13)16-6-9-5-15-8(2)17-9/h3-5,16H,6H2,1-2H3,(H,15,17). The molecule has 0 amide bonds. The minimum atomic E-state index is 0.639. The summed E-state index contributed by atoms with van der Waals surface area (Å²) in [5.74, 6) is 0.898. The number of hydrogen-bond acceptors (Lipinski definition) is 2. The third-order valence-corrected chi connectivity index (χ3v) is 3.19. The van der Waals surface area contributed by atoms with Gasteiger partial charge < -0.3 is 10.3 Å². The summed E-state index contributed by atoms with van der Waals surface area (Å²) in [5, 5.41) is 4.60. The molecule has 5 heteroatoms. The van der Waals surface area contributed by atoms with Crippen LogP contribution in [-0.2, 0) is 6.54 Å². The summed E-state index contributed by atoms with van der Waals surface area (Å²) in [6.45, 7) is 4.48. The molecule has 0 aliphatic rings. The van der Waals surface area contributed by atoms with Crippen LogP contribution in [0.2, 0.25) is 10.0 Å². The van der Waals surface area contributed by atoms with E-state index in [0.717, 1.165) is 22.8 Å². The minimum absolute atomic E-state index is 0.639. The number of nitrogens with zero attached hydrogens (tertiary/aromatic N) is 1. The van der Waals surface area contributed by atoms with Gasteiger partial charge in [0.05, 0.1) is 29.1 Å². The van der Waals surface area contributed by atoms with Crippen molar-refractivity contribution in [1.82, 2.24) is 9.97 Å². The van der Waals surface area contributed by atoms with E-state index >= 15 is 0 Å². The molecule has 2 rings (SSSR count). The van der Waals surface area contributed by atoms with Crippen LogP contribution >= 0.6 is 23.2 Å². The monoisotopic (exact) mass is 269 g/mol. The van der Waals surface area contributed by atoms with Crippen molar-refractivity contribution in [2.75, 3.05) is 5.32 Å². The Morgan fingerprint density at radius 3 is 2.65 bits per heavy atom. The highest BCUT2D eigenvalue weighted by molar-refractivity contribution is 6.35. The molecule has 1 aromatic carbocycles. The van der Waals surface area contributed by atoms with Crippen molar-refractivity contribution in [3.05, 3.63) is 45.5 Å². The first-order valence-electron chi connectivity index (χ1n) is 5.26. The molecule has 0 bridgehead atoms. The average Bonchev–Trinajstić information content (AvgIpc) is 2.68. The van der Waals surface area contributed by atoms with Crippen molar-refractivity contribution in [2.45, 2.75) is 20.4 Å². The average molecular weight is 270 g/mol. The number of aromatic amines is 1. The Balaban J connectivity index is 2.11. The first kappa shape index (κ1) is 12.3. The molecule has 17 heavy (non-hydrogen) atoms. The van der Waals surface area contributed by atoms with Crippen LogP contribution in [0.3, 0.4) is 0 Å². The zero-order valence-electron chi connectivity index (χ0n) is 9.64. The number of rotatable bonds is 3. The predicted octanol–water partition coefficient (Wildman–Crippen LogP) is 3.95. The van der Waals surface area contributed by atoms with E-state index in [1.165, 1.54) is 0 Å². The number of aryl methyl sites for hydroxylation is 2. The molecule has 0 saturated heterocycles. The number of halogens is 2. The summed E-state index contributed by atoms with van der Waals surface area (Å²) < 4.78 is 0. The quantitative estimate of drug-likeness (QED) is 0.886. The smallest absolute Gasteiger partial charge is 0.103 e. The molecule has 1 heterocycles. The molecular formula is C12H13Cl2N3. The molecule has 0 radical (unpaired) electrons. The molecule has 0 saturated carbocycles. The lowest BCUT2D eigenvalue weighted by atomic mass is 10.2. The second kappa shape index (κ2) is 4.98. The summed E-state index contributed by atoms with van der Waals surface area (Å²) >= 11 is 12.2. The van der Waals surface area contributed by atoms with Crippen molar-refractivity contribution in [3.63, 3.8) is 0 Å². The summed E-state index contributed by atoms with van der Waals surface area (Å²) in [4.78, 5) is 7.27. The van der Waals surface area contributed by atoms with Gasteiger partial charge in [0.1, 0.15) is 5.82 Å². The van der Waals surface area contributed by atoms with Gasteiger partial charge in [-0.15, -0.1) is 0 Å². The van der Waals surface area contributed by atoms with Crippen LogP contribution in [-0.4, -0.2) is 9.97 Å². The summed E-state index contributed by atoms with van der Waals surface area (Å²) in [6.07, 6.45) is 1.80. The second-order valence-electron chi connectivity index (χ2n) is 3.93. The highest BCUT2D eigenvalue weighted by Gasteiger charge is 2.05. The van der Waals surface area contributed by atoms with E-state index in [-0.39, 0.29) is 0 Å². The molecule has 0 fully saturated rings. The molecule has 0 aliphatic carbocycles. The van der Waals surface area contributed by atoms with Gasteiger partial charge in [0.15, 0.2) is 0 Å². The van der Waals surface area contributed by atoms with Crippen molar-refractivity contribution in [2.24, 2.45) is 0 Å². The zero-order valence-corrected chi connectivity index (χ0v) is 11.2. The first-order chi connectivity index (χ1) is 8.06. The van der Waals surface area contributed by atoms with Gasteiger partial charge in [-0.25, -0.2) is 4.98 Å². The van der Waals surface area contributed by atoms with E-state index in [1.54, 1.807) is 6.20 Å². The van der Waals surface area contributed by atoms with E-state index in [1.807, 2.05) is 26.0 Å². The SMILES string of the molecule is Cc1ncc(CNc2cc(Cl)c(C)cc2Cl)[nH]1. The Bertz CT molecular complexity index is 535. The van der Waals surface area contributed by atoms with Crippen molar-refractivity contribution < 1.29 is 0 Å². The fourth-order valence-electron chi connectivity index (χ4n) is 1.53. The Hall–Kier alpha value is -1.19. The van der Waals surface area contributed by atoms with Crippen LogP contribution < -0.4 is 5.32 Å². The minimum Gasteiger partial charge on any atom is -0.378 e. The van der Waals surface area contributed by atoms with Gasteiger partial charge in [-0.1, -0.05) is 23.2 Å². The molecular weight excluding hydrogens is 257 g/mol. The summed E-state index contributed by atoms with van der Waals surface area (Å²) in [7, 11) is 0. The number of benzene rings is 1. The van der Waals surface area contributed by atoms with Gasteiger partial charge in [0, 0.05) is 5.02 Å². The maximum Gasteiger partial charge on any atom is 0.103 e. The summed E-state index contributed by atoms with van der Waals surface area (Å²) in [6, 6.07) is 3.69. The number of aromatic nitrogens is 2. The van der Waals surface area contributed by atoms with E-state index in [9.17, 15) is 0 Å². The summed E-state index contributed by atoms with van der Waals surface area (Å²) in [5.41, 5.74) is 2.81. The largest absolute Gasteiger partial charge is 0.378 e. The molecule has 2 N–H and O–H groups in total. The van der Waals surface area contributed by atoms with Gasteiger partial charge in [-0.3, -0.25) is 0 Å². The van der Waals surface area contributed by atoms with Crippen LogP contribution in [0.4, 0.5) is 5.69 Å². The van der Waals surface area contributed by atoms with Gasteiger partial charge in [0.2, 0.25) is 0 Å². The third-order valence-electron chi connectivity index (χ3n) is 2.47. The van der Waals surface area contributed by atoms with Crippen LogP contribution in [0.5, 0.6) is 0 Å². The normalized spacial score (nSPS) is 10.6. The Morgan fingerprint density at radius 1 is 1.24 bits per heavy atom. The maximum atomic E-state index is 6.13. The molecule has 90 valence electrons. The predicted molar refractivity (Wildman–Crippen MR) is 71.9 cm³/mol. The van der Waals surface area contributed by atoms with Crippen molar-refractivity contribution in [3.8, 4) is 0 Å². The van der Waals surface area contributed by atoms with E-state index in [0.29, 0.717) is 16.6 Å². The fraction of sp³-hybridized carbons (Fsp3) is 0.250. The van der Waals surface area contributed by atoms with Gasteiger partial charge in [-0.2, -0.15) is 0 Å². The molecule has 0 atom stereocenters. The number of hydrogen-bond donors (Lipinski definition) is 2. The van der Waals surface area contributed by atoms with E-state index in [4.69, 9.17) is 23.2 Å². The third kappa shape index (κ3) is 2.93. The van der Waals surface area contributed by atoms with Gasteiger partial charge in [0.25, 0.3) is 0 Å². The van der Waals surface area contributed by atoms with Crippen LogP contribution in [0.1, 0.15) is 17.1 Å². The maximum absolute atomic E-state index is 6.13. The highest BCUT2D eigenvalue weighted by Crippen LogP contribution is 2.28. The molecule has 0 unspecified atom stereocenters. The number of nitrogens with one attached hydrogen (secondary N) is 2. The first-order valence-corrected chi connectivity index (χ1v) is 6.02. The molecule has 0 spiro atoms. The lowest BCUT2D eigenvalue weighted by Gasteiger charge is -2.09.